The van der Waals surface area contributed by atoms with Crippen molar-refractivity contribution in [2.45, 2.75) is 316 Å². The van der Waals surface area contributed by atoms with E-state index in [0.29, 0.717) is 30.2 Å². The number of hydrogen-bond acceptors (Lipinski definition) is 11. The summed E-state index contributed by atoms with van der Waals surface area (Å²) in [4.78, 5) is 26.3. The lowest BCUT2D eigenvalue weighted by molar-refractivity contribution is 0.0228. The minimum absolute atomic E-state index is 0.360. The standard InChI is InChI=1S/C49H108O11Si7/c1-8-14-20-26-32-38-44-61-52-65(47-41-35-29-23-17-11-4)57-63(50,45-39-33-27-21-15-9-2)54-62(7)55-64(51,46-40-34-28-22-16-10-3)58-66(53-61,48-42-36-30-24-18-12-5)60-67(56-62,59-65)49-43-37-31-25-19-13-6/h50-51,61H,8-49H2,1-7H3. The van der Waals surface area contributed by atoms with E-state index >= 15 is 0 Å². The predicted molar refractivity (Wildman–Crippen MR) is 291 cm³/mol. The van der Waals surface area contributed by atoms with Gasteiger partial charge in [0.2, 0.25) is 0 Å². The summed E-state index contributed by atoms with van der Waals surface area (Å²) in [5, 5.41) is 0. The van der Waals surface area contributed by atoms with Gasteiger partial charge in [-0.2, -0.15) is 0 Å². The molecule has 3 heterocycles. The highest BCUT2D eigenvalue weighted by Gasteiger charge is 2.73. The van der Waals surface area contributed by atoms with Gasteiger partial charge in [0.25, 0.3) is 0 Å². The largest absolute Gasteiger partial charge is 0.483 e. The summed E-state index contributed by atoms with van der Waals surface area (Å²) in [5.41, 5.74) is 0. The molecule has 3 fully saturated rings. The fraction of sp³-hybridized carbons (Fsp3) is 1.00. The number of unbranched alkanes of at least 4 members (excludes halogenated alkanes) is 30. The van der Waals surface area contributed by atoms with Crippen LogP contribution in [0.3, 0.4) is 0 Å². The second-order valence-corrected chi connectivity index (χ2v) is 41.1. The Morgan fingerprint density at radius 2 is 0.552 bits per heavy atom. The highest BCUT2D eigenvalue weighted by molar-refractivity contribution is 6.96. The maximum atomic E-state index is 13.1. The van der Waals surface area contributed by atoms with Gasteiger partial charge in [-0.3, -0.25) is 0 Å². The SMILES string of the molecule is CCCCCCCC[SiH]1O[Si]2(CCCCCCCC)O[Si](O)(CCCCCCCC)O[Si]3(C)O[Si](O)(CCCCCCCC)O[Si](CCCCCCCC)(O1)O[Si](CCCCCCCC)(O3)O2. The molecule has 3 aliphatic heterocycles. The van der Waals surface area contributed by atoms with Gasteiger partial charge in [0.15, 0.2) is 0 Å². The molecule has 0 amide bonds. The smallest absolute Gasteiger partial charge is 0.397 e. The van der Waals surface area contributed by atoms with Crippen molar-refractivity contribution in [3.63, 3.8) is 0 Å². The molecular weight excluding hydrogens is 961 g/mol. The summed E-state index contributed by atoms with van der Waals surface area (Å²) in [6, 6.07) is 3.16. The summed E-state index contributed by atoms with van der Waals surface area (Å²) in [6.07, 6.45) is 39.6. The van der Waals surface area contributed by atoms with Gasteiger partial charge < -0.3 is 46.6 Å². The number of hydrogen-bond donors (Lipinski definition) is 2. The Morgan fingerprint density at radius 3 is 0.881 bits per heavy atom. The molecule has 0 saturated carbocycles. The molecule has 67 heavy (non-hydrogen) atoms. The van der Waals surface area contributed by atoms with Crippen LogP contribution in [0.15, 0.2) is 0 Å². The van der Waals surface area contributed by atoms with Gasteiger partial charge in [-0.25, -0.2) is 0 Å². The van der Waals surface area contributed by atoms with Gasteiger partial charge >= 0.3 is 62.1 Å². The van der Waals surface area contributed by atoms with Crippen molar-refractivity contribution >= 4 is 62.1 Å². The Labute approximate surface area is 422 Å². The molecule has 0 aliphatic carbocycles. The lowest BCUT2D eigenvalue weighted by Gasteiger charge is -2.55. The first kappa shape index (κ1) is 62.4. The maximum Gasteiger partial charge on any atom is 0.483 e. The van der Waals surface area contributed by atoms with E-state index in [9.17, 15) is 9.59 Å². The summed E-state index contributed by atoms with van der Waals surface area (Å²) < 4.78 is 67.4. The number of rotatable bonds is 42. The molecule has 0 radical (unpaired) electrons. The lowest BCUT2D eigenvalue weighted by atomic mass is 10.1. The predicted octanol–water partition coefficient (Wildman–Crippen LogP) is 15.8. The molecule has 4 bridgehead atoms. The summed E-state index contributed by atoms with van der Waals surface area (Å²) >= 11 is 0. The average molecular weight is 1070 g/mol. The van der Waals surface area contributed by atoms with Gasteiger partial charge in [-0.1, -0.05) is 241 Å². The molecule has 2 N–H and O–H groups in total. The van der Waals surface area contributed by atoms with E-state index in [1.165, 1.54) is 122 Å². The average Bonchev–Trinajstić information content (AvgIpc) is 3.26. The molecule has 398 valence electrons. The van der Waals surface area contributed by atoms with Crippen molar-refractivity contribution in [2.75, 3.05) is 0 Å². The Morgan fingerprint density at radius 1 is 0.284 bits per heavy atom. The van der Waals surface area contributed by atoms with Gasteiger partial charge in [-0.15, -0.1) is 0 Å². The van der Waals surface area contributed by atoms with Crippen molar-refractivity contribution in [1.29, 1.82) is 0 Å². The van der Waals surface area contributed by atoms with Crippen LogP contribution in [0.2, 0.25) is 42.8 Å². The molecule has 3 rings (SSSR count). The molecule has 0 aromatic carbocycles. The van der Waals surface area contributed by atoms with Gasteiger partial charge in [0.05, 0.1) is 0 Å². The van der Waals surface area contributed by atoms with E-state index in [2.05, 4.69) is 41.5 Å². The van der Waals surface area contributed by atoms with Gasteiger partial charge in [-0.05, 0) is 38.1 Å². The van der Waals surface area contributed by atoms with Crippen molar-refractivity contribution in [2.24, 2.45) is 0 Å². The Hall–Kier alpha value is 1.08. The second kappa shape index (κ2) is 35.3. The third-order valence-electron chi connectivity index (χ3n) is 13.9. The monoisotopic (exact) mass is 1070 g/mol. The van der Waals surface area contributed by atoms with E-state index in [1.54, 1.807) is 0 Å². The van der Waals surface area contributed by atoms with Crippen LogP contribution in [-0.2, 0) is 37.0 Å². The van der Waals surface area contributed by atoms with Crippen LogP contribution >= 0.6 is 0 Å². The van der Waals surface area contributed by atoms with Crippen molar-refractivity contribution in [3.05, 3.63) is 0 Å². The Kier molecular flexibility index (Phi) is 32.9. The zero-order valence-electron chi connectivity index (χ0n) is 44.8. The highest BCUT2D eigenvalue weighted by atomic mass is 28.6. The third kappa shape index (κ3) is 25.2. The molecule has 0 aromatic rings. The van der Waals surface area contributed by atoms with Gasteiger partial charge in [0, 0.05) is 36.8 Å². The molecule has 11 nitrogen and oxygen atoms in total. The van der Waals surface area contributed by atoms with E-state index < -0.39 is 62.1 Å². The first-order chi connectivity index (χ1) is 32.4. The second-order valence-electron chi connectivity index (χ2n) is 20.9. The van der Waals surface area contributed by atoms with E-state index in [-0.39, 0.29) is 0 Å². The fourth-order valence-electron chi connectivity index (χ4n) is 10.1. The van der Waals surface area contributed by atoms with Crippen LogP contribution in [0.25, 0.3) is 0 Å². The fourth-order valence-corrected chi connectivity index (χ4v) is 46.8. The summed E-state index contributed by atoms with van der Waals surface area (Å²) in [7, 11) is -26.4. The zero-order valence-corrected chi connectivity index (χ0v) is 52.0. The van der Waals surface area contributed by atoms with Crippen LogP contribution in [0.5, 0.6) is 0 Å². The van der Waals surface area contributed by atoms with E-state index in [4.69, 9.17) is 37.0 Å². The summed E-state index contributed by atoms with van der Waals surface area (Å²) in [6.45, 7) is 15.4. The molecule has 0 spiro atoms. The molecule has 3 aliphatic rings. The van der Waals surface area contributed by atoms with Crippen LogP contribution in [0, 0.1) is 0 Å². The molecule has 18 heteroatoms. The normalized spacial score (nSPS) is 30.0. The molecule has 4 unspecified atom stereocenters. The first-order valence-electron chi connectivity index (χ1n) is 29.1. The van der Waals surface area contributed by atoms with Gasteiger partial charge in [0.1, 0.15) is 0 Å². The van der Waals surface area contributed by atoms with Crippen LogP contribution in [-0.4, -0.2) is 71.7 Å². The summed E-state index contributed by atoms with van der Waals surface area (Å²) in [5.74, 6) is 0. The molecule has 3 saturated heterocycles. The topological polar surface area (TPSA) is 124 Å². The Balaban J connectivity index is 2.22. The minimum atomic E-state index is -4.13. The van der Waals surface area contributed by atoms with Crippen LogP contribution < -0.4 is 0 Å². The van der Waals surface area contributed by atoms with Crippen molar-refractivity contribution in [3.8, 4) is 0 Å². The first-order valence-corrected chi connectivity index (χ1v) is 42.8. The molecular formula is C49H108O11Si7. The maximum absolute atomic E-state index is 13.1. The van der Waals surface area contributed by atoms with E-state index in [0.717, 1.165) is 115 Å². The molecule has 4 atom stereocenters. The third-order valence-corrected chi connectivity index (χ3v) is 42.9. The van der Waals surface area contributed by atoms with E-state index in [1.807, 2.05) is 6.55 Å². The molecule has 0 aromatic heterocycles. The highest BCUT2D eigenvalue weighted by Crippen LogP contribution is 2.46. The zero-order chi connectivity index (χ0) is 48.6. The quantitative estimate of drug-likeness (QED) is 0.0449. The van der Waals surface area contributed by atoms with Crippen LogP contribution in [0.4, 0.5) is 0 Å². The number of fused-ring (bicyclic) bond motifs is 3. The lowest BCUT2D eigenvalue weighted by Crippen LogP contribution is -2.80. The minimum Gasteiger partial charge on any atom is -0.397 e. The Bertz CT molecular complexity index is 1170. The van der Waals surface area contributed by atoms with Crippen LogP contribution in [0.1, 0.15) is 273 Å². The van der Waals surface area contributed by atoms with Crippen molar-refractivity contribution < 1.29 is 46.6 Å². The van der Waals surface area contributed by atoms with Crippen molar-refractivity contribution in [1.82, 2.24) is 0 Å².